The third-order valence-corrected chi connectivity index (χ3v) is 6.63. The molecule has 2 heterocycles. The molecular weight excluding hydrogens is 404 g/mol. The first-order valence-electron chi connectivity index (χ1n) is 11.4. The Morgan fingerprint density at radius 1 is 1.12 bits per heavy atom. The van der Waals surface area contributed by atoms with Crippen molar-refractivity contribution in [3.63, 3.8) is 0 Å². The van der Waals surface area contributed by atoms with Crippen LogP contribution in [0.4, 0.5) is 0 Å². The number of hydrogen-bond donors (Lipinski definition) is 1. The molecule has 0 unspecified atom stereocenters. The minimum Gasteiger partial charge on any atom is -0.497 e. The van der Waals surface area contributed by atoms with Crippen molar-refractivity contribution in [1.29, 1.82) is 0 Å². The van der Waals surface area contributed by atoms with Gasteiger partial charge in [0.15, 0.2) is 5.82 Å². The number of nitrogens with one attached hydrogen (secondary N) is 1. The lowest BCUT2D eigenvalue weighted by molar-refractivity contribution is 0.0566. The number of ether oxygens (including phenoxy) is 1. The highest BCUT2D eigenvalue weighted by molar-refractivity contribution is 6.00. The first-order valence-corrected chi connectivity index (χ1v) is 11.4. The number of carbonyl (C=O) groups excluding carboxylic acids is 2. The van der Waals surface area contributed by atoms with E-state index in [1.54, 1.807) is 19.2 Å². The molecule has 2 aromatic carbocycles. The fraction of sp³-hybridized carbons (Fsp3) is 0.400. The Morgan fingerprint density at radius 3 is 2.78 bits per heavy atom. The minimum atomic E-state index is -0.171. The smallest absolute Gasteiger partial charge is 0.290 e. The van der Waals surface area contributed by atoms with Gasteiger partial charge in [-0.25, -0.2) is 4.98 Å². The monoisotopic (exact) mass is 432 g/mol. The highest BCUT2D eigenvalue weighted by Crippen LogP contribution is 2.28. The topological polar surface area (TPSA) is 76.5 Å². The van der Waals surface area contributed by atoms with Crippen LogP contribution >= 0.6 is 0 Å². The number of amides is 2. The number of carbonyl (C=O) groups is 2. The summed E-state index contributed by atoms with van der Waals surface area (Å²) in [5.74, 6) is 1.10. The highest BCUT2D eigenvalue weighted by atomic mass is 16.5. The largest absolute Gasteiger partial charge is 0.497 e. The van der Waals surface area contributed by atoms with E-state index in [-0.39, 0.29) is 11.8 Å². The van der Waals surface area contributed by atoms with Crippen LogP contribution in [0, 0.1) is 0 Å². The van der Waals surface area contributed by atoms with Crippen molar-refractivity contribution in [2.45, 2.75) is 51.2 Å². The second-order valence-electron chi connectivity index (χ2n) is 8.62. The van der Waals surface area contributed by atoms with Gasteiger partial charge in [-0.1, -0.05) is 31.4 Å². The summed E-state index contributed by atoms with van der Waals surface area (Å²) in [5, 5.41) is 2.95. The number of fused-ring (bicyclic) bond motifs is 3. The number of imidazole rings is 1. The Balaban J connectivity index is 1.33. The van der Waals surface area contributed by atoms with Crippen LogP contribution < -0.4 is 10.1 Å². The lowest BCUT2D eigenvalue weighted by Crippen LogP contribution is -2.47. The summed E-state index contributed by atoms with van der Waals surface area (Å²) in [6.07, 6.45) is 5.82. The molecule has 0 radical (unpaired) electrons. The van der Waals surface area contributed by atoms with E-state index in [1.807, 2.05) is 39.8 Å². The number of methoxy groups -OCH3 is 1. The number of benzene rings is 2. The van der Waals surface area contributed by atoms with Gasteiger partial charge in [0.05, 0.1) is 18.1 Å². The van der Waals surface area contributed by atoms with Crippen LogP contribution in [0.15, 0.2) is 42.5 Å². The average molecular weight is 433 g/mol. The fourth-order valence-electron chi connectivity index (χ4n) is 4.91. The van der Waals surface area contributed by atoms with Gasteiger partial charge in [0.2, 0.25) is 0 Å². The normalized spacial score (nSPS) is 16.8. The summed E-state index contributed by atoms with van der Waals surface area (Å²) in [6.45, 7) is 1.88. The first kappa shape index (κ1) is 20.5. The summed E-state index contributed by atoms with van der Waals surface area (Å²) in [4.78, 5) is 32.6. The standard InChI is InChI=1S/C25H28N4O3/c1-32-20-9-5-6-17(14-20)16-26-24(30)18-10-11-22-21(15-18)27-23-25(31)28(12-13-29(22)23)19-7-3-2-4-8-19/h5-6,9-11,14-15,19H,2-4,7-8,12-13,16H2,1H3,(H,26,30). The SMILES string of the molecule is COc1cccc(CNC(=O)c2ccc3c(c2)nc2n3CCN(C3CCCCC3)C2=O)c1. The maximum absolute atomic E-state index is 13.2. The van der Waals surface area contributed by atoms with E-state index in [4.69, 9.17) is 4.74 Å². The Kier molecular flexibility index (Phi) is 5.55. The Labute approximate surface area is 187 Å². The molecule has 0 saturated heterocycles. The summed E-state index contributed by atoms with van der Waals surface area (Å²) in [7, 11) is 1.62. The van der Waals surface area contributed by atoms with Crippen molar-refractivity contribution in [1.82, 2.24) is 19.8 Å². The van der Waals surface area contributed by atoms with Crippen molar-refractivity contribution in [3.8, 4) is 5.75 Å². The zero-order valence-electron chi connectivity index (χ0n) is 18.3. The van der Waals surface area contributed by atoms with Crippen molar-refractivity contribution >= 4 is 22.8 Å². The lowest BCUT2D eigenvalue weighted by Gasteiger charge is -2.36. The van der Waals surface area contributed by atoms with Gasteiger partial charge < -0.3 is 19.5 Å². The molecule has 166 valence electrons. The summed E-state index contributed by atoms with van der Waals surface area (Å²) < 4.78 is 7.23. The predicted molar refractivity (Wildman–Crippen MR) is 122 cm³/mol. The molecule has 1 fully saturated rings. The second kappa shape index (κ2) is 8.65. The van der Waals surface area contributed by atoms with Crippen LogP contribution in [0.25, 0.3) is 11.0 Å². The summed E-state index contributed by atoms with van der Waals surface area (Å²) in [5.41, 5.74) is 3.09. The first-order chi connectivity index (χ1) is 15.6. The van der Waals surface area contributed by atoms with E-state index in [1.165, 1.54) is 19.3 Å². The van der Waals surface area contributed by atoms with E-state index in [0.29, 0.717) is 29.5 Å². The molecule has 1 N–H and O–H groups in total. The minimum absolute atomic E-state index is 0.0170. The fourth-order valence-corrected chi connectivity index (χ4v) is 4.91. The van der Waals surface area contributed by atoms with Crippen molar-refractivity contribution in [2.75, 3.05) is 13.7 Å². The number of hydrogen-bond acceptors (Lipinski definition) is 4. The Bertz CT molecular complexity index is 1160. The van der Waals surface area contributed by atoms with Crippen LogP contribution in [0.5, 0.6) is 5.75 Å². The second-order valence-corrected chi connectivity index (χ2v) is 8.62. The zero-order chi connectivity index (χ0) is 22.1. The maximum Gasteiger partial charge on any atom is 0.290 e. The van der Waals surface area contributed by atoms with Gasteiger partial charge >= 0.3 is 0 Å². The van der Waals surface area contributed by atoms with Crippen LogP contribution in [0.1, 0.15) is 58.6 Å². The molecule has 2 amide bonds. The molecule has 32 heavy (non-hydrogen) atoms. The lowest BCUT2D eigenvalue weighted by atomic mass is 9.94. The van der Waals surface area contributed by atoms with Gasteiger partial charge in [-0.2, -0.15) is 0 Å². The van der Waals surface area contributed by atoms with Crippen LogP contribution in [-0.2, 0) is 13.1 Å². The predicted octanol–water partition coefficient (Wildman–Crippen LogP) is 3.76. The van der Waals surface area contributed by atoms with Crippen LogP contribution in [0.2, 0.25) is 0 Å². The molecule has 2 aliphatic rings. The summed E-state index contributed by atoms with van der Waals surface area (Å²) >= 11 is 0. The van der Waals surface area contributed by atoms with Gasteiger partial charge in [-0.15, -0.1) is 0 Å². The van der Waals surface area contributed by atoms with Gasteiger partial charge in [0, 0.05) is 31.2 Å². The molecule has 5 rings (SSSR count). The highest BCUT2D eigenvalue weighted by Gasteiger charge is 2.33. The molecule has 0 spiro atoms. The van der Waals surface area contributed by atoms with Gasteiger partial charge in [-0.05, 0) is 48.7 Å². The van der Waals surface area contributed by atoms with Crippen molar-refractivity contribution < 1.29 is 14.3 Å². The van der Waals surface area contributed by atoms with Crippen molar-refractivity contribution in [2.24, 2.45) is 0 Å². The number of aromatic nitrogens is 2. The van der Waals surface area contributed by atoms with E-state index in [9.17, 15) is 9.59 Å². The van der Waals surface area contributed by atoms with Gasteiger partial charge in [0.1, 0.15) is 5.75 Å². The molecule has 0 bridgehead atoms. The molecule has 7 heteroatoms. The van der Waals surface area contributed by atoms with E-state index >= 15 is 0 Å². The number of rotatable bonds is 5. The molecule has 1 aliphatic heterocycles. The Morgan fingerprint density at radius 2 is 1.97 bits per heavy atom. The molecule has 7 nitrogen and oxygen atoms in total. The summed E-state index contributed by atoms with van der Waals surface area (Å²) in [6, 6.07) is 13.4. The number of nitrogens with zero attached hydrogens (tertiary/aromatic N) is 3. The van der Waals surface area contributed by atoms with E-state index in [0.717, 1.165) is 42.8 Å². The van der Waals surface area contributed by atoms with Gasteiger partial charge in [0.25, 0.3) is 11.8 Å². The molecule has 0 atom stereocenters. The quantitative estimate of drug-likeness (QED) is 0.666. The molecule has 1 aromatic heterocycles. The Hall–Kier alpha value is -3.35. The molecule has 1 aliphatic carbocycles. The third-order valence-electron chi connectivity index (χ3n) is 6.63. The molecular formula is C25H28N4O3. The average Bonchev–Trinajstić information content (AvgIpc) is 3.22. The van der Waals surface area contributed by atoms with Gasteiger partial charge in [-0.3, -0.25) is 9.59 Å². The zero-order valence-corrected chi connectivity index (χ0v) is 18.3. The van der Waals surface area contributed by atoms with Crippen molar-refractivity contribution in [3.05, 3.63) is 59.4 Å². The third kappa shape index (κ3) is 3.83. The maximum atomic E-state index is 13.2. The van der Waals surface area contributed by atoms with Crippen LogP contribution in [-0.4, -0.2) is 46.0 Å². The van der Waals surface area contributed by atoms with E-state index < -0.39 is 0 Å². The van der Waals surface area contributed by atoms with E-state index in [2.05, 4.69) is 10.3 Å². The molecule has 3 aromatic rings. The van der Waals surface area contributed by atoms with Crippen LogP contribution in [0.3, 0.4) is 0 Å². The molecule has 1 saturated carbocycles.